The van der Waals surface area contributed by atoms with E-state index in [1.807, 2.05) is 5.32 Å². The molecule has 5 rings (SSSR count). The van der Waals surface area contributed by atoms with Gasteiger partial charge in [-0.3, -0.25) is 28.9 Å². The predicted octanol–water partition coefficient (Wildman–Crippen LogP) is -1.71. The van der Waals surface area contributed by atoms with Gasteiger partial charge in [-0.15, -0.1) is 0 Å². The van der Waals surface area contributed by atoms with Gasteiger partial charge in [0.05, 0.1) is 27.4 Å². The number of carbonyl (C=O) groups is 4. The lowest BCUT2D eigenvalue weighted by molar-refractivity contribution is -0.131. The number of hydrogen-bond acceptors (Lipinski definition) is 16. The van der Waals surface area contributed by atoms with Gasteiger partial charge in [0.2, 0.25) is 37.8 Å². The van der Waals surface area contributed by atoms with Crippen LogP contribution in [-0.2, 0) is 65.7 Å². The number of benzene rings is 3. The van der Waals surface area contributed by atoms with Crippen molar-refractivity contribution in [3.63, 3.8) is 0 Å². The first kappa shape index (κ1) is 49.2. The summed E-state index contributed by atoms with van der Waals surface area (Å²) in [7, 11) is -21.4. The minimum absolute atomic E-state index is 0.342. The molecular weight excluding hydrogens is 990 g/mol. The number of carboxylic acid groups (broad SMARTS) is 1. The van der Waals surface area contributed by atoms with E-state index < -0.39 is 183 Å². The van der Waals surface area contributed by atoms with Crippen LogP contribution in [0.4, 0.5) is 5.69 Å². The van der Waals surface area contributed by atoms with Crippen LogP contribution in [0.15, 0.2) is 50.6 Å². The molecule has 0 saturated heterocycles. The number of halogens is 2. The molecule has 25 nitrogen and oxygen atoms in total. The Morgan fingerprint density at radius 2 is 1.41 bits per heavy atom. The monoisotopic (exact) mass is 1020 g/mol. The molecule has 2 aromatic rings. The molecule has 2 heterocycles. The van der Waals surface area contributed by atoms with Crippen LogP contribution in [0.25, 0.3) is 33.4 Å². The normalized spacial score (nSPS) is 20.8. The predicted molar refractivity (Wildman–Crippen MR) is 220 cm³/mol. The lowest BCUT2D eigenvalue weighted by Crippen LogP contribution is -2.60. The standard InChI is InChI=1S/C31H31Cl2N7O18S5/c32-14-3-4-15(33)23(31(44)45)22(14)21-12-1-5-16(34)26-24(12)58-25-13(21)2-6-17(35)27(25)63(56,57)40-20(11-61(51,52)53)30(43)39-19(10-60(48,49)50)29(42)38-18(9-59(46)47)28(41)36-7-8-37-62(26,54)55/h1-6,18-20,34,37,40H,7-11,35H2,(H,36,41)(H,38,42)(H,39,43)(H,44,45)(H,46,47)(H,48,49,50)(H,51,52,53). The summed E-state index contributed by atoms with van der Waals surface area (Å²) < 4.78 is 156. The maximum absolute atomic E-state index is 14.4. The van der Waals surface area contributed by atoms with Crippen LogP contribution in [0.1, 0.15) is 10.4 Å². The van der Waals surface area contributed by atoms with Crippen molar-refractivity contribution in [1.82, 2.24) is 25.4 Å². The lowest BCUT2D eigenvalue weighted by atomic mass is 9.90. The van der Waals surface area contributed by atoms with E-state index in [1.165, 1.54) is 0 Å². The van der Waals surface area contributed by atoms with E-state index in [9.17, 15) is 75.8 Å². The van der Waals surface area contributed by atoms with Crippen molar-refractivity contribution in [1.29, 1.82) is 5.41 Å². The Labute approximate surface area is 367 Å². The Hall–Kier alpha value is -4.86. The van der Waals surface area contributed by atoms with Crippen molar-refractivity contribution >= 4 is 115 Å². The van der Waals surface area contributed by atoms with E-state index in [1.54, 1.807) is 10.0 Å². The topological polar surface area (TPSA) is 426 Å². The molecule has 342 valence electrons. The highest BCUT2D eigenvalue weighted by Gasteiger charge is 2.39. The number of nitrogens with one attached hydrogen (secondary N) is 6. The first-order valence-electron chi connectivity index (χ1n) is 17.0. The summed E-state index contributed by atoms with van der Waals surface area (Å²) in [4.78, 5) is 50.6. The molecule has 3 amide bonds. The molecule has 0 spiro atoms. The number of carbonyl (C=O) groups excluding carboxylic acids is 3. The molecule has 2 bridgehead atoms. The molecule has 63 heavy (non-hydrogen) atoms. The van der Waals surface area contributed by atoms with E-state index in [4.69, 9.17) is 38.8 Å². The summed E-state index contributed by atoms with van der Waals surface area (Å²) in [5.41, 5.74) is 2.51. The van der Waals surface area contributed by atoms with E-state index in [2.05, 4.69) is 10.0 Å². The smallest absolute Gasteiger partial charge is 0.337 e. The highest BCUT2D eigenvalue weighted by Crippen LogP contribution is 2.48. The van der Waals surface area contributed by atoms with Crippen LogP contribution in [0.5, 0.6) is 0 Å². The SMILES string of the molecule is N=c1ccc2c(-c3c(Cl)ccc(Cl)c3C(=O)O)c3ccc(N)c4c3oc-2c1S(=O)(=O)NCCNC(=O)C(CS(=O)O)NC(=O)C(CS(=O)(=O)O)NC(=O)C(CS(=O)(=O)O)NS4(=O)=O. The fraction of sp³-hybridized carbons (Fsp3) is 0.258. The highest BCUT2D eigenvalue weighted by molar-refractivity contribution is 7.90. The van der Waals surface area contributed by atoms with E-state index >= 15 is 0 Å². The second-order valence-corrected chi connectivity index (χ2v) is 21.4. The zero-order chi connectivity index (χ0) is 47.1. The second kappa shape index (κ2) is 18.3. The van der Waals surface area contributed by atoms with Crippen molar-refractivity contribution < 1.29 is 80.2 Å². The van der Waals surface area contributed by atoms with Crippen LogP contribution < -0.4 is 36.5 Å². The van der Waals surface area contributed by atoms with Gasteiger partial charge in [0.1, 0.15) is 34.5 Å². The molecule has 4 atom stereocenters. The number of carboxylic acids is 1. The van der Waals surface area contributed by atoms with Gasteiger partial charge >= 0.3 is 5.97 Å². The van der Waals surface area contributed by atoms with E-state index in [0.717, 1.165) is 36.4 Å². The van der Waals surface area contributed by atoms with Gasteiger partial charge in [0.25, 0.3) is 20.2 Å². The molecule has 1 aliphatic carbocycles. The Morgan fingerprint density at radius 1 is 0.825 bits per heavy atom. The zero-order valence-corrected chi connectivity index (χ0v) is 36.7. The number of nitrogen functional groups attached to an aromatic ring is 1. The van der Waals surface area contributed by atoms with Crippen LogP contribution in [0.3, 0.4) is 0 Å². The summed E-state index contributed by atoms with van der Waals surface area (Å²) in [6, 6.07) is -1.14. The quantitative estimate of drug-likeness (QED) is 0.0405. The van der Waals surface area contributed by atoms with Crippen LogP contribution in [0.2, 0.25) is 10.0 Å². The molecule has 0 saturated carbocycles. The molecule has 2 aromatic carbocycles. The average molecular weight is 1020 g/mol. The number of amides is 3. The summed E-state index contributed by atoms with van der Waals surface area (Å²) >= 11 is 9.98. The molecule has 4 unspecified atom stereocenters. The van der Waals surface area contributed by atoms with E-state index in [-0.39, 0.29) is 10.6 Å². The maximum Gasteiger partial charge on any atom is 0.337 e. The third-order valence-electron chi connectivity index (χ3n) is 8.76. The third kappa shape index (κ3) is 11.1. The average Bonchev–Trinajstić information content (AvgIpc) is 3.13. The van der Waals surface area contributed by atoms with Gasteiger partial charge in [0, 0.05) is 40.2 Å². The van der Waals surface area contributed by atoms with Crippen LogP contribution in [0, 0.1) is 5.41 Å². The number of hydrogen-bond donors (Lipinski definition) is 11. The van der Waals surface area contributed by atoms with Crippen molar-refractivity contribution in [3.8, 4) is 22.5 Å². The fourth-order valence-corrected chi connectivity index (χ4v) is 11.4. The number of anilines is 1. The summed E-state index contributed by atoms with van der Waals surface area (Å²) in [5, 5.41) is 22.5. The molecular formula is C31H31Cl2N7O18S5. The Balaban J connectivity index is 1.91. The largest absolute Gasteiger partial charge is 0.478 e. The molecule has 0 aromatic heterocycles. The van der Waals surface area contributed by atoms with Gasteiger partial charge < -0.3 is 35.8 Å². The molecule has 2 aliphatic heterocycles. The van der Waals surface area contributed by atoms with Crippen LogP contribution in [-0.4, -0.2) is 129 Å². The summed E-state index contributed by atoms with van der Waals surface area (Å²) in [6.45, 7) is -1.43. The lowest BCUT2D eigenvalue weighted by Gasteiger charge is -2.25. The van der Waals surface area contributed by atoms with Crippen molar-refractivity contribution in [2.75, 3.05) is 36.1 Å². The van der Waals surface area contributed by atoms with Gasteiger partial charge in [0.15, 0.2) is 27.3 Å². The Bertz CT molecular complexity index is 3110. The Kier molecular flexibility index (Phi) is 14.3. The van der Waals surface area contributed by atoms with Gasteiger partial charge in [-0.05, 0) is 36.4 Å². The first-order chi connectivity index (χ1) is 29.0. The number of sulfonamides is 2. The van der Waals surface area contributed by atoms with Gasteiger partial charge in [-0.25, -0.2) is 30.6 Å². The summed E-state index contributed by atoms with van der Waals surface area (Å²) in [6.07, 6.45) is 0. The fourth-order valence-electron chi connectivity index (χ4n) is 6.25. The molecule has 32 heteroatoms. The molecule has 12 N–H and O–H groups in total. The number of nitrogens with two attached hydrogens (primary N) is 1. The molecule has 0 radical (unpaired) electrons. The van der Waals surface area contributed by atoms with Crippen molar-refractivity contribution in [2.45, 2.75) is 27.9 Å². The maximum atomic E-state index is 14.4. The third-order valence-corrected chi connectivity index (χ3v) is 14.6. The molecule has 0 fully saturated rings. The molecule has 3 aliphatic rings. The minimum atomic E-state index is -5.62. The van der Waals surface area contributed by atoms with Gasteiger partial charge in [-0.1, -0.05) is 23.2 Å². The van der Waals surface area contributed by atoms with Gasteiger partial charge in [-0.2, -0.15) is 21.6 Å². The number of aromatic carboxylic acids is 1. The van der Waals surface area contributed by atoms with Crippen molar-refractivity contribution in [3.05, 3.63) is 57.4 Å². The Morgan fingerprint density at radius 3 is 2.02 bits per heavy atom. The van der Waals surface area contributed by atoms with Crippen molar-refractivity contribution in [2.24, 2.45) is 0 Å². The second-order valence-electron chi connectivity index (χ2n) is 13.2. The zero-order valence-electron chi connectivity index (χ0n) is 31.1. The number of rotatable bonds is 8. The van der Waals surface area contributed by atoms with Crippen LogP contribution >= 0.6 is 23.2 Å². The minimum Gasteiger partial charge on any atom is -0.478 e. The summed E-state index contributed by atoms with van der Waals surface area (Å²) in [5.74, 6) is -12.2. The van der Waals surface area contributed by atoms with E-state index in [0.29, 0.717) is 0 Å². The highest BCUT2D eigenvalue weighted by atomic mass is 35.5. The first-order valence-corrected chi connectivity index (χ1v) is 25.2.